The maximum atomic E-state index is 13.4. The number of carbonyl (C=O) groups excluding carboxylic acids is 1. The number of hydrogen-bond acceptors (Lipinski definition) is 4. The van der Waals surface area contributed by atoms with Crippen molar-refractivity contribution in [2.75, 3.05) is 21.4 Å². The highest BCUT2D eigenvalue weighted by molar-refractivity contribution is 7.85. The molecule has 1 aliphatic heterocycles. The molecule has 0 spiro atoms. The lowest BCUT2D eigenvalue weighted by Gasteiger charge is -2.30. The number of hydrogen-bond donors (Lipinski definition) is 0. The summed E-state index contributed by atoms with van der Waals surface area (Å²) in [5.41, 5.74) is -0.206. The number of aromatic nitrogens is 1. The van der Waals surface area contributed by atoms with Gasteiger partial charge in [0, 0.05) is 28.2 Å². The van der Waals surface area contributed by atoms with Gasteiger partial charge in [-0.3, -0.25) is 9.00 Å². The molecule has 10 heteroatoms. The summed E-state index contributed by atoms with van der Waals surface area (Å²) in [6.45, 7) is 1.44. The van der Waals surface area contributed by atoms with Crippen LogP contribution >= 0.6 is 0 Å². The van der Waals surface area contributed by atoms with Gasteiger partial charge in [0.1, 0.15) is 17.7 Å². The monoisotopic (exact) mass is 441 g/mol. The van der Waals surface area contributed by atoms with Crippen molar-refractivity contribution >= 4 is 28.2 Å². The van der Waals surface area contributed by atoms with E-state index in [1.807, 2.05) is 0 Å². The summed E-state index contributed by atoms with van der Waals surface area (Å²) >= 11 is 0. The first kappa shape index (κ1) is 20.8. The highest BCUT2D eigenvalue weighted by Gasteiger charge is 2.43. The van der Waals surface area contributed by atoms with Gasteiger partial charge in [-0.2, -0.15) is 13.2 Å². The predicted octanol–water partition coefficient (Wildman–Crippen LogP) is 3.64. The Hall–Kier alpha value is -2.49. The van der Waals surface area contributed by atoms with E-state index in [4.69, 9.17) is 0 Å². The first-order chi connectivity index (χ1) is 14.1. The van der Waals surface area contributed by atoms with Crippen molar-refractivity contribution < 1.29 is 26.6 Å². The van der Waals surface area contributed by atoms with E-state index in [1.165, 1.54) is 36.1 Å². The van der Waals surface area contributed by atoms with Gasteiger partial charge in [-0.1, -0.05) is 0 Å². The van der Waals surface area contributed by atoms with Crippen LogP contribution in [-0.2, 0) is 21.8 Å². The number of rotatable bonds is 4. The van der Waals surface area contributed by atoms with Crippen LogP contribution in [0.15, 0.2) is 36.4 Å². The molecule has 2 aromatic rings. The van der Waals surface area contributed by atoms with Crippen LogP contribution < -0.4 is 9.80 Å². The van der Waals surface area contributed by atoms with Gasteiger partial charge in [-0.15, -0.1) is 0 Å². The lowest BCUT2D eigenvalue weighted by molar-refractivity contribution is -0.137. The van der Waals surface area contributed by atoms with E-state index in [1.54, 1.807) is 4.90 Å². The number of aryl methyl sites for hydroxylation is 1. The molecule has 1 aromatic heterocycles. The summed E-state index contributed by atoms with van der Waals surface area (Å²) in [7, 11) is -1.41. The quantitative estimate of drug-likeness (QED) is 0.680. The second-order valence-electron chi connectivity index (χ2n) is 7.49. The molecule has 2 fully saturated rings. The first-order valence-corrected chi connectivity index (χ1v) is 10.9. The molecule has 4 rings (SSSR count). The van der Waals surface area contributed by atoms with Crippen LogP contribution in [0.4, 0.5) is 29.1 Å². The molecule has 1 aromatic carbocycles. The van der Waals surface area contributed by atoms with Gasteiger partial charge < -0.3 is 9.80 Å². The zero-order valence-electron chi connectivity index (χ0n) is 16.0. The SMILES string of the molecule is Cc1cc(C(F)(F)F)cc(N2CS(=O)C[C@@H]2C(=O)N(c2ccc(F)cc2)C2CC2)n1. The predicted molar refractivity (Wildman–Crippen MR) is 105 cm³/mol. The van der Waals surface area contributed by atoms with Crippen molar-refractivity contribution in [1.82, 2.24) is 4.98 Å². The number of carbonyl (C=O) groups is 1. The first-order valence-electron chi connectivity index (χ1n) is 9.39. The smallest absolute Gasteiger partial charge is 0.332 e. The third kappa shape index (κ3) is 4.19. The Morgan fingerprint density at radius 2 is 1.87 bits per heavy atom. The molecule has 1 amide bonds. The van der Waals surface area contributed by atoms with Crippen LogP contribution in [0.5, 0.6) is 0 Å². The van der Waals surface area contributed by atoms with Crippen molar-refractivity contribution in [1.29, 1.82) is 0 Å². The van der Waals surface area contributed by atoms with E-state index in [2.05, 4.69) is 4.98 Å². The van der Waals surface area contributed by atoms with E-state index in [-0.39, 0.29) is 35.1 Å². The summed E-state index contributed by atoms with van der Waals surface area (Å²) in [6.07, 6.45) is -3.01. The topological polar surface area (TPSA) is 53.5 Å². The molecule has 0 radical (unpaired) electrons. The maximum absolute atomic E-state index is 13.4. The molecule has 0 bridgehead atoms. The van der Waals surface area contributed by atoms with E-state index in [9.17, 15) is 26.6 Å². The lowest BCUT2D eigenvalue weighted by atomic mass is 10.1. The molecule has 30 heavy (non-hydrogen) atoms. The number of benzene rings is 1. The Bertz CT molecular complexity index is 993. The van der Waals surface area contributed by atoms with Gasteiger partial charge in [0.25, 0.3) is 5.91 Å². The Morgan fingerprint density at radius 1 is 1.20 bits per heavy atom. The molecular weight excluding hydrogens is 422 g/mol. The Labute approximate surface area is 173 Å². The molecule has 1 unspecified atom stereocenters. The molecule has 0 N–H and O–H groups in total. The summed E-state index contributed by atoms with van der Waals surface area (Å²) in [5.74, 6) is -0.908. The van der Waals surface area contributed by atoms with Crippen LogP contribution in [0.1, 0.15) is 24.1 Å². The van der Waals surface area contributed by atoms with E-state index < -0.39 is 34.4 Å². The molecule has 5 nitrogen and oxygen atoms in total. The normalized spacial score (nSPS) is 21.7. The molecule has 160 valence electrons. The zero-order valence-corrected chi connectivity index (χ0v) is 16.8. The van der Waals surface area contributed by atoms with E-state index in [0.717, 1.165) is 25.0 Å². The summed E-state index contributed by atoms with van der Waals surface area (Å²) < 4.78 is 65.4. The van der Waals surface area contributed by atoms with Crippen LogP contribution in [0.25, 0.3) is 0 Å². The Morgan fingerprint density at radius 3 is 2.47 bits per heavy atom. The van der Waals surface area contributed by atoms with Crippen LogP contribution in [0, 0.1) is 12.7 Å². The fraction of sp³-hybridized carbons (Fsp3) is 0.400. The molecule has 2 heterocycles. The molecule has 2 atom stereocenters. The average Bonchev–Trinajstić information content (AvgIpc) is 3.42. The van der Waals surface area contributed by atoms with Crippen molar-refractivity contribution in [2.24, 2.45) is 0 Å². The standard InChI is InChI=1S/C20H19F4N3O2S/c1-12-8-13(20(22,23)24)9-18(25-12)26-11-30(29)10-17(26)19(28)27(16-6-7-16)15-4-2-14(21)3-5-15/h2-5,8-9,16-17H,6-7,10-11H2,1H3/t17-,30?/m1/s1. The molecular formula is C20H19F4N3O2S. The van der Waals surface area contributed by atoms with Gasteiger partial charge in [0.05, 0.1) is 17.2 Å². The van der Waals surface area contributed by atoms with Crippen molar-refractivity contribution in [3.63, 3.8) is 0 Å². The molecule has 1 saturated carbocycles. The van der Waals surface area contributed by atoms with Crippen LogP contribution in [0.3, 0.4) is 0 Å². The minimum atomic E-state index is -4.56. The minimum Gasteiger partial charge on any atom is -0.332 e. The number of amides is 1. The zero-order chi connectivity index (χ0) is 21.6. The second kappa shape index (κ2) is 7.64. The van der Waals surface area contributed by atoms with Crippen molar-refractivity contribution in [3.05, 3.63) is 53.5 Å². The maximum Gasteiger partial charge on any atom is 0.416 e. The average molecular weight is 441 g/mol. The van der Waals surface area contributed by atoms with Gasteiger partial charge in [-0.05, 0) is 56.2 Å². The second-order valence-corrected chi connectivity index (χ2v) is 8.96. The minimum absolute atomic E-state index is 0.000219. The van der Waals surface area contributed by atoms with Gasteiger partial charge >= 0.3 is 6.18 Å². The number of pyridine rings is 1. The van der Waals surface area contributed by atoms with Crippen LogP contribution in [-0.4, -0.2) is 38.8 Å². The highest BCUT2D eigenvalue weighted by Crippen LogP contribution is 2.36. The van der Waals surface area contributed by atoms with Crippen molar-refractivity contribution in [2.45, 2.75) is 38.0 Å². The molecule has 1 aliphatic carbocycles. The third-order valence-corrected chi connectivity index (χ3v) is 6.36. The largest absolute Gasteiger partial charge is 0.416 e. The van der Waals surface area contributed by atoms with Crippen molar-refractivity contribution in [3.8, 4) is 0 Å². The summed E-state index contributed by atoms with van der Waals surface area (Å²) in [6, 6.07) is 6.34. The Balaban J connectivity index is 1.69. The summed E-state index contributed by atoms with van der Waals surface area (Å²) in [4.78, 5) is 20.5. The van der Waals surface area contributed by atoms with Gasteiger partial charge in [0.2, 0.25) is 0 Å². The third-order valence-electron chi connectivity index (χ3n) is 5.10. The molecule has 2 aliphatic rings. The fourth-order valence-electron chi connectivity index (χ4n) is 3.57. The van der Waals surface area contributed by atoms with Gasteiger partial charge in [0.15, 0.2) is 0 Å². The fourth-order valence-corrected chi connectivity index (χ4v) is 4.97. The number of anilines is 2. The molecule has 1 saturated heterocycles. The number of alkyl halides is 3. The number of nitrogens with zero attached hydrogens (tertiary/aromatic N) is 3. The Kier molecular flexibility index (Phi) is 5.29. The van der Waals surface area contributed by atoms with E-state index >= 15 is 0 Å². The number of halogens is 4. The van der Waals surface area contributed by atoms with Crippen LogP contribution in [0.2, 0.25) is 0 Å². The summed E-state index contributed by atoms with van der Waals surface area (Å²) in [5, 5.41) is 0. The lowest BCUT2D eigenvalue weighted by Crippen LogP contribution is -2.48. The van der Waals surface area contributed by atoms with E-state index in [0.29, 0.717) is 5.69 Å². The highest BCUT2D eigenvalue weighted by atomic mass is 32.2. The van der Waals surface area contributed by atoms with Gasteiger partial charge in [-0.25, -0.2) is 9.37 Å².